The van der Waals surface area contributed by atoms with Gasteiger partial charge in [-0.3, -0.25) is 0 Å². The van der Waals surface area contributed by atoms with E-state index in [9.17, 15) is 0 Å². The zero-order chi connectivity index (χ0) is 11.3. The zero-order valence-electron chi connectivity index (χ0n) is 10.8. The molecule has 2 rings (SSSR count). The van der Waals surface area contributed by atoms with Crippen molar-refractivity contribution in [1.82, 2.24) is 5.32 Å². The number of hydrogen-bond acceptors (Lipinski definition) is 2. The van der Waals surface area contributed by atoms with E-state index in [2.05, 4.69) is 12.2 Å². The molecule has 94 valence electrons. The lowest BCUT2D eigenvalue weighted by Crippen LogP contribution is -2.33. The SMILES string of the molecule is CCOCCCC1(CNC2CC2)CCCC1. The van der Waals surface area contributed by atoms with Crippen LogP contribution in [0.25, 0.3) is 0 Å². The first-order valence-corrected chi connectivity index (χ1v) is 7.16. The van der Waals surface area contributed by atoms with Gasteiger partial charge in [-0.25, -0.2) is 0 Å². The average molecular weight is 225 g/mol. The normalized spacial score (nSPS) is 23.8. The molecular formula is C14H27NO. The van der Waals surface area contributed by atoms with Crippen molar-refractivity contribution < 1.29 is 4.74 Å². The highest BCUT2D eigenvalue weighted by Gasteiger charge is 2.34. The van der Waals surface area contributed by atoms with Gasteiger partial charge < -0.3 is 10.1 Å². The Kier molecular flexibility index (Phi) is 4.66. The zero-order valence-corrected chi connectivity index (χ0v) is 10.8. The molecule has 0 aromatic rings. The van der Waals surface area contributed by atoms with Gasteiger partial charge in [0.05, 0.1) is 0 Å². The Morgan fingerprint density at radius 1 is 1.25 bits per heavy atom. The van der Waals surface area contributed by atoms with E-state index in [0.717, 1.165) is 19.3 Å². The molecule has 0 amide bonds. The summed E-state index contributed by atoms with van der Waals surface area (Å²) in [5, 5.41) is 3.74. The van der Waals surface area contributed by atoms with Gasteiger partial charge in [-0.15, -0.1) is 0 Å². The molecule has 0 saturated heterocycles. The molecular weight excluding hydrogens is 198 g/mol. The van der Waals surface area contributed by atoms with Gasteiger partial charge in [0.15, 0.2) is 0 Å². The summed E-state index contributed by atoms with van der Waals surface area (Å²) in [5.41, 5.74) is 0.625. The standard InChI is InChI=1S/C14H27NO/c1-2-16-11-5-10-14(8-3-4-9-14)12-15-13-6-7-13/h13,15H,2-12H2,1H3. The van der Waals surface area contributed by atoms with E-state index in [1.54, 1.807) is 0 Å². The first-order chi connectivity index (χ1) is 7.85. The van der Waals surface area contributed by atoms with Crippen LogP contribution in [0, 0.1) is 5.41 Å². The van der Waals surface area contributed by atoms with Gasteiger partial charge >= 0.3 is 0 Å². The average Bonchev–Trinajstić information content (AvgIpc) is 3.02. The van der Waals surface area contributed by atoms with Crippen LogP contribution in [0.4, 0.5) is 0 Å². The minimum absolute atomic E-state index is 0.625. The smallest absolute Gasteiger partial charge is 0.0466 e. The van der Waals surface area contributed by atoms with E-state index in [-0.39, 0.29) is 0 Å². The maximum atomic E-state index is 5.46. The Bertz CT molecular complexity index is 195. The summed E-state index contributed by atoms with van der Waals surface area (Å²) in [4.78, 5) is 0. The van der Waals surface area contributed by atoms with Crippen LogP contribution >= 0.6 is 0 Å². The highest BCUT2D eigenvalue weighted by atomic mass is 16.5. The van der Waals surface area contributed by atoms with Crippen LogP contribution in [0.15, 0.2) is 0 Å². The summed E-state index contributed by atoms with van der Waals surface area (Å²) in [5.74, 6) is 0. The fourth-order valence-corrected chi connectivity index (χ4v) is 2.98. The molecule has 0 atom stereocenters. The molecule has 0 spiro atoms. The molecule has 0 unspecified atom stereocenters. The van der Waals surface area contributed by atoms with Crippen LogP contribution in [-0.4, -0.2) is 25.8 Å². The lowest BCUT2D eigenvalue weighted by atomic mass is 9.81. The summed E-state index contributed by atoms with van der Waals surface area (Å²) < 4.78 is 5.46. The molecule has 2 nitrogen and oxygen atoms in total. The summed E-state index contributed by atoms with van der Waals surface area (Å²) in [6, 6.07) is 0.865. The first kappa shape index (κ1) is 12.4. The lowest BCUT2D eigenvalue weighted by Gasteiger charge is -2.29. The summed E-state index contributed by atoms with van der Waals surface area (Å²) in [6.07, 6.45) is 11.2. The van der Waals surface area contributed by atoms with Crippen molar-refractivity contribution in [2.24, 2.45) is 5.41 Å². The van der Waals surface area contributed by atoms with Crippen LogP contribution in [0.1, 0.15) is 58.3 Å². The molecule has 16 heavy (non-hydrogen) atoms. The minimum atomic E-state index is 0.625. The van der Waals surface area contributed by atoms with Crippen molar-refractivity contribution in [2.45, 2.75) is 64.3 Å². The molecule has 2 aliphatic carbocycles. The maximum absolute atomic E-state index is 5.46. The summed E-state index contributed by atoms with van der Waals surface area (Å²) in [6.45, 7) is 5.18. The molecule has 0 heterocycles. The molecule has 2 heteroatoms. The summed E-state index contributed by atoms with van der Waals surface area (Å²) in [7, 11) is 0. The van der Waals surface area contributed by atoms with Gasteiger partial charge in [-0.2, -0.15) is 0 Å². The van der Waals surface area contributed by atoms with Crippen LogP contribution < -0.4 is 5.32 Å². The van der Waals surface area contributed by atoms with Crippen molar-refractivity contribution >= 4 is 0 Å². The molecule has 0 aromatic heterocycles. The predicted octanol–water partition coefficient (Wildman–Crippen LogP) is 3.12. The second-order valence-corrected chi connectivity index (χ2v) is 5.66. The monoisotopic (exact) mass is 225 g/mol. The van der Waals surface area contributed by atoms with Crippen LogP contribution in [0.5, 0.6) is 0 Å². The molecule has 0 radical (unpaired) electrons. The Labute approximate surface area is 100 Å². The summed E-state index contributed by atoms with van der Waals surface area (Å²) >= 11 is 0. The van der Waals surface area contributed by atoms with Gasteiger partial charge in [0.2, 0.25) is 0 Å². The fourth-order valence-electron chi connectivity index (χ4n) is 2.98. The predicted molar refractivity (Wildman–Crippen MR) is 67.7 cm³/mol. The van der Waals surface area contributed by atoms with E-state index in [0.29, 0.717) is 5.41 Å². The number of rotatable bonds is 8. The van der Waals surface area contributed by atoms with Gasteiger partial charge in [-0.1, -0.05) is 12.8 Å². The second-order valence-electron chi connectivity index (χ2n) is 5.66. The van der Waals surface area contributed by atoms with Gasteiger partial charge in [0, 0.05) is 25.8 Å². The molecule has 2 aliphatic rings. The molecule has 2 saturated carbocycles. The van der Waals surface area contributed by atoms with Crippen molar-refractivity contribution in [1.29, 1.82) is 0 Å². The van der Waals surface area contributed by atoms with Crippen molar-refractivity contribution in [3.8, 4) is 0 Å². The quantitative estimate of drug-likeness (QED) is 0.641. The van der Waals surface area contributed by atoms with E-state index in [4.69, 9.17) is 4.74 Å². The third-order valence-electron chi connectivity index (χ3n) is 4.21. The van der Waals surface area contributed by atoms with E-state index >= 15 is 0 Å². The van der Waals surface area contributed by atoms with Gasteiger partial charge in [-0.05, 0) is 50.9 Å². The fraction of sp³-hybridized carbons (Fsp3) is 1.00. The Morgan fingerprint density at radius 3 is 2.62 bits per heavy atom. The number of hydrogen-bond donors (Lipinski definition) is 1. The van der Waals surface area contributed by atoms with Gasteiger partial charge in [0.1, 0.15) is 0 Å². The van der Waals surface area contributed by atoms with Crippen molar-refractivity contribution in [2.75, 3.05) is 19.8 Å². The third-order valence-corrected chi connectivity index (χ3v) is 4.21. The van der Waals surface area contributed by atoms with E-state index < -0.39 is 0 Å². The third kappa shape index (κ3) is 3.74. The topological polar surface area (TPSA) is 21.3 Å². The molecule has 0 aliphatic heterocycles. The molecule has 0 bridgehead atoms. The highest BCUT2D eigenvalue weighted by Crippen LogP contribution is 2.42. The lowest BCUT2D eigenvalue weighted by molar-refractivity contribution is 0.127. The van der Waals surface area contributed by atoms with Crippen molar-refractivity contribution in [3.63, 3.8) is 0 Å². The second kappa shape index (κ2) is 6.02. The highest BCUT2D eigenvalue weighted by molar-refractivity contribution is 4.90. The van der Waals surface area contributed by atoms with E-state index in [1.807, 2.05) is 0 Å². The van der Waals surface area contributed by atoms with Crippen molar-refractivity contribution in [3.05, 3.63) is 0 Å². The Hall–Kier alpha value is -0.0800. The van der Waals surface area contributed by atoms with Crippen LogP contribution in [-0.2, 0) is 4.74 Å². The van der Waals surface area contributed by atoms with Crippen LogP contribution in [0.3, 0.4) is 0 Å². The maximum Gasteiger partial charge on any atom is 0.0466 e. The van der Waals surface area contributed by atoms with Crippen LogP contribution in [0.2, 0.25) is 0 Å². The number of ether oxygens (including phenoxy) is 1. The van der Waals surface area contributed by atoms with E-state index in [1.165, 1.54) is 57.9 Å². The largest absolute Gasteiger partial charge is 0.382 e. The Balaban J connectivity index is 1.68. The Morgan fingerprint density at radius 2 is 2.00 bits per heavy atom. The molecule has 2 fully saturated rings. The first-order valence-electron chi connectivity index (χ1n) is 7.16. The minimum Gasteiger partial charge on any atom is -0.382 e. The van der Waals surface area contributed by atoms with Gasteiger partial charge in [0.25, 0.3) is 0 Å². The molecule has 1 N–H and O–H groups in total. The molecule has 0 aromatic carbocycles. The number of nitrogens with one attached hydrogen (secondary N) is 1.